The van der Waals surface area contributed by atoms with Crippen molar-refractivity contribution in [2.24, 2.45) is 0 Å². The fourth-order valence-corrected chi connectivity index (χ4v) is 2.59. The lowest BCUT2D eigenvalue weighted by Gasteiger charge is -2.31. The zero-order valence-corrected chi connectivity index (χ0v) is 15.5. The minimum absolute atomic E-state index is 0.208. The van der Waals surface area contributed by atoms with Crippen LogP contribution in [0, 0.1) is 0 Å². The summed E-state index contributed by atoms with van der Waals surface area (Å²) in [6.45, 7) is 10.7. The van der Waals surface area contributed by atoms with Crippen LogP contribution < -0.4 is 25.7 Å². The van der Waals surface area contributed by atoms with E-state index in [1.165, 1.54) is 0 Å². The van der Waals surface area contributed by atoms with E-state index in [9.17, 15) is 4.79 Å². The molecule has 5 heteroatoms. The van der Waals surface area contributed by atoms with Crippen LogP contribution in [0.5, 0.6) is 5.75 Å². The van der Waals surface area contributed by atoms with E-state index in [0.717, 1.165) is 22.0 Å². The fraction of sp³-hybridized carbons (Fsp3) is 0.238. The number of hydrogen-bond donors (Lipinski definition) is 1. The monoisotopic (exact) mass is 351 g/mol. The summed E-state index contributed by atoms with van der Waals surface area (Å²) in [6, 6.07) is 9.44. The second-order valence-corrected chi connectivity index (χ2v) is 5.30. The Bertz CT molecular complexity index is 890. The number of pyridine rings is 1. The van der Waals surface area contributed by atoms with Gasteiger partial charge in [0.2, 0.25) is 0 Å². The number of ether oxygens (including phenoxy) is 1. The molecule has 136 valence electrons. The van der Waals surface area contributed by atoms with Crippen molar-refractivity contribution in [1.82, 2.24) is 10.4 Å². The highest BCUT2D eigenvalue weighted by Crippen LogP contribution is 2.29. The van der Waals surface area contributed by atoms with Gasteiger partial charge >= 0.3 is 0 Å². The van der Waals surface area contributed by atoms with E-state index >= 15 is 0 Å². The number of carbonyl (C=O) groups excluding carboxylic acids is 1. The molecule has 0 spiro atoms. The number of fused-ring (bicyclic) bond motifs is 1. The van der Waals surface area contributed by atoms with Crippen LogP contribution >= 0.6 is 0 Å². The fourth-order valence-electron chi connectivity index (χ4n) is 2.59. The van der Waals surface area contributed by atoms with E-state index in [0.29, 0.717) is 18.7 Å². The molecule has 1 aromatic carbocycles. The van der Waals surface area contributed by atoms with Crippen molar-refractivity contribution in [2.75, 3.05) is 18.2 Å². The Morgan fingerprint density at radius 1 is 1.35 bits per heavy atom. The Balaban J connectivity index is 0.00000117. The molecule has 0 bridgehead atoms. The maximum Gasteiger partial charge on any atom is 0.271 e. The first-order valence-electron chi connectivity index (χ1n) is 8.78. The number of aromatic nitrogens is 1. The molecule has 26 heavy (non-hydrogen) atoms. The summed E-state index contributed by atoms with van der Waals surface area (Å²) in [4.78, 5) is 16.9. The van der Waals surface area contributed by atoms with Gasteiger partial charge in [-0.15, -0.1) is 0 Å². The normalized spacial score (nSPS) is 13.9. The number of hydrazine groups is 1. The molecule has 1 aliphatic rings. The van der Waals surface area contributed by atoms with Gasteiger partial charge in [-0.2, -0.15) is 0 Å². The molecule has 0 aliphatic carbocycles. The maximum absolute atomic E-state index is 12.6. The van der Waals surface area contributed by atoms with E-state index in [1.807, 2.05) is 63.3 Å². The van der Waals surface area contributed by atoms with E-state index in [2.05, 4.69) is 17.0 Å². The van der Waals surface area contributed by atoms with E-state index < -0.39 is 0 Å². The number of carbonyl (C=O) groups is 1. The number of benzene rings is 1. The average Bonchev–Trinajstić information content (AvgIpc) is 2.70. The van der Waals surface area contributed by atoms with Crippen molar-refractivity contribution in [3.05, 3.63) is 65.3 Å². The van der Waals surface area contributed by atoms with Gasteiger partial charge in [-0.3, -0.25) is 20.2 Å². The van der Waals surface area contributed by atoms with Gasteiger partial charge < -0.3 is 4.74 Å². The van der Waals surface area contributed by atoms with Crippen LogP contribution in [0.25, 0.3) is 12.2 Å². The molecule has 0 atom stereocenters. The molecular weight excluding hydrogens is 326 g/mol. The summed E-state index contributed by atoms with van der Waals surface area (Å²) in [5, 5.41) is 3.49. The molecule has 1 N–H and O–H groups in total. The molecule has 0 radical (unpaired) electrons. The number of hydrogen-bond acceptors (Lipinski definition) is 4. The van der Waals surface area contributed by atoms with Crippen molar-refractivity contribution in [1.29, 1.82) is 0 Å². The highest BCUT2D eigenvalue weighted by Gasteiger charge is 2.19. The first kappa shape index (κ1) is 19.2. The average molecular weight is 351 g/mol. The van der Waals surface area contributed by atoms with Gasteiger partial charge in [-0.25, -0.2) is 0 Å². The maximum atomic E-state index is 12.6. The highest BCUT2D eigenvalue weighted by molar-refractivity contribution is 5.95. The third-order valence-electron chi connectivity index (χ3n) is 3.75. The second kappa shape index (κ2) is 9.42. The van der Waals surface area contributed by atoms with Gasteiger partial charge in [0.05, 0.1) is 23.1 Å². The van der Waals surface area contributed by atoms with Crippen LogP contribution in [0.3, 0.4) is 0 Å². The van der Waals surface area contributed by atoms with Crippen LogP contribution in [0.2, 0.25) is 0 Å². The van der Waals surface area contributed by atoms with Crippen LogP contribution in [-0.2, 0) is 0 Å². The van der Waals surface area contributed by atoms with Crippen molar-refractivity contribution >= 4 is 23.7 Å². The molecule has 0 fully saturated rings. The van der Waals surface area contributed by atoms with Gasteiger partial charge in [0.1, 0.15) is 12.4 Å². The summed E-state index contributed by atoms with van der Waals surface area (Å²) in [7, 11) is 0. The summed E-state index contributed by atoms with van der Waals surface area (Å²) in [6.07, 6.45) is 7.00. The number of rotatable bonds is 3. The minimum Gasteiger partial charge on any atom is -0.489 e. The molecule has 0 saturated heterocycles. The summed E-state index contributed by atoms with van der Waals surface area (Å²) < 4.78 is 5.60. The van der Waals surface area contributed by atoms with Crippen molar-refractivity contribution in [3.63, 3.8) is 0 Å². The SMILES string of the molecule is C=C/C=c1/cc(C(=O)NN2CCOc3ccccc32)cn/c1=C\C.CC. The van der Waals surface area contributed by atoms with Crippen LogP contribution in [0.1, 0.15) is 31.1 Å². The zero-order chi connectivity index (χ0) is 18.9. The molecule has 0 unspecified atom stereocenters. The van der Waals surface area contributed by atoms with E-state index in [-0.39, 0.29) is 5.91 Å². The lowest BCUT2D eigenvalue weighted by atomic mass is 10.2. The van der Waals surface area contributed by atoms with Gasteiger partial charge in [0, 0.05) is 11.4 Å². The van der Waals surface area contributed by atoms with Gasteiger partial charge in [-0.05, 0) is 25.1 Å². The molecule has 1 amide bonds. The van der Waals surface area contributed by atoms with E-state index in [1.54, 1.807) is 17.3 Å². The predicted octanol–water partition coefficient (Wildman–Crippen LogP) is 2.42. The summed E-state index contributed by atoms with van der Waals surface area (Å²) in [5.41, 5.74) is 4.27. The van der Waals surface area contributed by atoms with Crippen LogP contribution in [0.15, 0.2) is 49.2 Å². The number of allylic oxidation sites excluding steroid dienone is 1. The first-order chi connectivity index (χ1) is 12.7. The summed E-state index contributed by atoms with van der Waals surface area (Å²) in [5.74, 6) is 0.555. The third kappa shape index (κ3) is 4.30. The lowest BCUT2D eigenvalue weighted by molar-refractivity contribution is 0.0944. The Morgan fingerprint density at radius 3 is 2.85 bits per heavy atom. The Morgan fingerprint density at radius 2 is 2.12 bits per heavy atom. The molecule has 5 nitrogen and oxygen atoms in total. The second-order valence-electron chi connectivity index (χ2n) is 5.30. The predicted molar refractivity (Wildman–Crippen MR) is 106 cm³/mol. The first-order valence-corrected chi connectivity index (χ1v) is 8.78. The van der Waals surface area contributed by atoms with E-state index in [4.69, 9.17) is 4.74 Å². The topological polar surface area (TPSA) is 54.5 Å². The Hall–Kier alpha value is -3.08. The van der Waals surface area contributed by atoms with Crippen molar-refractivity contribution < 1.29 is 9.53 Å². The number of anilines is 1. The van der Waals surface area contributed by atoms with Crippen molar-refractivity contribution in [3.8, 4) is 5.75 Å². The number of amides is 1. The lowest BCUT2D eigenvalue weighted by Crippen LogP contribution is -2.47. The van der Waals surface area contributed by atoms with Crippen LogP contribution in [0.4, 0.5) is 5.69 Å². The molecule has 2 heterocycles. The molecule has 1 aliphatic heterocycles. The molecule has 2 aromatic rings. The minimum atomic E-state index is -0.208. The smallest absolute Gasteiger partial charge is 0.271 e. The standard InChI is InChI=1S/C19H19N3O2.C2H6/c1-3-7-14-12-15(13-20-16(14)4-2)19(23)21-22-10-11-24-18-9-6-5-8-17(18)22;1-2/h3-9,12-13H,1,10-11H2,2H3,(H,21,23);1-2H3/b14-7-,16-4-;. The molecule has 1 aromatic heterocycles. The molecular formula is C21H25N3O2. The Kier molecular flexibility index (Phi) is 6.97. The summed E-state index contributed by atoms with van der Waals surface area (Å²) >= 11 is 0. The zero-order valence-electron chi connectivity index (χ0n) is 15.5. The highest BCUT2D eigenvalue weighted by atomic mass is 16.5. The quantitative estimate of drug-likeness (QED) is 0.923. The van der Waals surface area contributed by atoms with Gasteiger partial charge in [0.25, 0.3) is 5.91 Å². The number of nitrogens with zero attached hydrogens (tertiary/aromatic N) is 2. The molecule has 3 rings (SSSR count). The largest absolute Gasteiger partial charge is 0.489 e. The van der Waals surface area contributed by atoms with Crippen LogP contribution in [-0.4, -0.2) is 24.0 Å². The molecule has 0 saturated carbocycles. The third-order valence-corrected chi connectivity index (χ3v) is 3.75. The van der Waals surface area contributed by atoms with Gasteiger partial charge in [-0.1, -0.05) is 50.8 Å². The van der Waals surface area contributed by atoms with Crippen molar-refractivity contribution in [2.45, 2.75) is 20.8 Å². The number of nitrogens with one attached hydrogen (secondary N) is 1. The number of para-hydroxylation sites is 2. The van der Waals surface area contributed by atoms with Gasteiger partial charge in [0.15, 0.2) is 0 Å². The Labute approximate surface area is 154 Å².